The predicted molar refractivity (Wildman–Crippen MR) is 53.8 cm³/mol. The van der Waals surface area contributed by atoms with Gasteiger partial charge in [-0.05, 0) is 5.92 Å². The molecule has 0 amide bonds. The molecule has 1 aromatic rings. The number of aryl methyl sites for hydroxylation is 1. The maximum absolute atomic E-state index is 10.7. The maximum atomic E-state index is 10.7. The van der Waals surface area contributed by atoms with Crippen LogP contribution in [0.5, 0.6) is 0 Å². The highest BCUT2D eigenvalue weighted by Gasteiger charge is 2.14. The number of hydrogen-bond acceptors (Lipinski definition) is 4. The molecule has 0 aromatic carbocycles. The van der Waals surface area contributed by atoms with E-state index in [9.17, 15) is 8.42 Å². The van der Waals surface area contributed by atoms with E-state index < -0.39 is 9.05 Å². The van der Waals surface area contributed by atoms with E-state index in [1.54, 1.807) is 0 Å². The zero-order valence-corrected chi connectivity index (χ0v) is 9.56. The van der Waals surface area contributed by atoms with Gasteiger partial charge in [0.15, 0.2) is 0 Å². The zero-order valence-electron chi connectivity index (χ0n) is 7.99. The second-order valence-electron chi connectivity index (χ2n) is 3.30. The second-order valence-corrected chi connectivity index (χ2v) is 6.20. The average molecular weight is 238 g/mol. The Balaban J connectivity index is 2.72. The average Bonchev–Trinajstić information content (AvgIpc) is 2.46. The van der Waals surface area contributed by atoms with Crippen molar-refractivity contribution in [2.24, 2.45) is 0 Å². The summed E-state index contributed by atoms with van der Waals surface area (Å²) < 4.78 is 21.4. The van der Waals surface area contributed by atoms with Gasteiger partial charge in [-0.3, -0.25) is 0 Å². The molecule has 1 rings (SSSR count). The third-order valence-corrected chi connectivity index (χ3v) is 2.94. The third kappa shape index (κ3) is 3.26. The normalized spacial score (nSPS) is 12.3. The maximum Gasteiger partial charge on any atom is 0.232 e. The van der Waals surface area contributed by atoms with Crippen molar-refractivity contribution in [3.8, 4) is 0 Å². The lowest BCUT2D eigenvalue weighted by Crippen LogP contribution is -2.04. The molecular weight excluding hydrogens is 226 g/mol. The minimum absolute atomic E-state index is 0.110. The van der Waals surface area contributed by atoms with Crippen LogP contribution in [-0.4, -0.2) is 29.6 Å². The topological polar surface area (TPSA) is 75.7 Å². The van der Waals surface area contributed by atoms with E-state index in [0.717, 1.165) is 5.69 Å². The van der Waals surface area contributed by atoms with Crippen molar-refractivity contribution < 1.29 is 8.42 Å². The van der Waals surface area contributed by atoms with Crippen LogP contribution >= 0.6 is 10.7 Å². The molecule has 0 unspecified atom stereocenters. The van der Waals surface area contributed by atoms with E-state index in [1.165, 1.54) is 0 Å². The number of nitrogens with zero attached hydrogens (tertiary/aromatic N) is 2. The molecule has 5 nitrogen and oxygen atoms in total. The Hall–Kier alpha value is -0.620. The van der Waals surface area contributed by atoms with Gasteiger partial charge >= 0.3 is 0 Å². The molecule has 14 heavy (non-hydrogen) atoms. The first-order chi connectivity index (χ1) is 6.40. The van der Waals surface area contributed by atoms with Crippen LogP contribution in [0.3, 0.4) is 0 Å². The Labute approximate surface area is 87.3 Å². The van der Waals surface area contributed by atoms with Gasteiger partial charge < -0.3 is 0 Å². The Morgan fingerprint density at radius 2 is 2.07 bits per heavy atom. The summed E-state index contributed by atoms with van der Waals surface area (Å²) in [6, 6.07) is 0. The molecule has 0 radical (unpaired) electrons. The monoisotopic (exact) mass is 237 g/mol. The van der Waals surface area contributed by atoms with Crippen molar-refractivity contribution in [3.63, 3.8) is 0 Å². The van der Waals surface area contributed by atoms with E-state index in [0.29, 0.717) is 12.1 Å². The van der Waals surface area contributed by atoms with Gasteiger partial charge in [0.25, 0.3) is 0 Å². The fraction of sp³-hybridized carbons (Fsp3) is 0.714. The van der Waals surface area contributed by atoms with Gasteiger partial charge in [-0.2, -0.15) is 15.4 Å². The fourth-order valence-electron chi connectivity index (χ4n) is 1.13. The molecule has 0 atom stereocenters. The lowest BCUT2D eigenvalue weighted by atomic mass is 10.1. The van der Waals surface area contributed by atoms with Crippen LogP contribution in [0.15, 0.2) is 0 Å². The molecule has 0 aliphatic carbocycles. The summed E-state index contributed by atoms with van der Waals surface area (Å²) in [6.45, 7) is 3.94. The molecule has 0 fully saturated rings. The van der Waals surface area contributed by atoms with Crippen molar-refractivity contribution in [1.29, 1.82) is 0 Å². The largest absolute Gasteiger partial charge is 0.232 e. The molecule has 1 N–H and O–H groups in total. The molecule has 1 heterocycles. The van der Waals surface area contributed by atoms with E-state index >= 15 is 0 Å². The number of halogens is 1. The lowest BCUT2D eigenvalue weighted by molar-refractivity contribution is 0.608. The molecule has 0 spiro atoms. The predicted octanol–water partition coefficient (Wildman–Crippen LogP) is 1.04. The van der Waals surface area contributed by atoms with Gasteiger partial charge in [0.05, 0.1) is 17.1 Å². The molecule has 0 bridgehead atoms. The SMILES string of the molecule is CC(C)c1n[nH]nc1CCS(=O)(=O)Cl. The van der Waals surface area contributed by atoms with Gasteiger partial charge in [0, 0.05) is 17.1 Å². The summed E-state index contributed by atoms with van der Waals surface area (Å²) >= 11 is 0. The Kier molecular flexibility index (Phi) is 3.49. The number of H-pyrrole nitrogens is 1. The number of nitrogens with one attached hydrogen (secondary N) is 1. The zero-order chi connectivity index (χ0) is 10.8. The van der Waals surface area contributed by atoms with E-state index in [1.807, 2.05) is 13.8 Å². The smallest absolute Gasteiger partial charge is 0.212 e. The van der Waals surface area contributed by atoms with Gasteiger partial charge in [-0.25, -0.2) is 8.42 Å². The fourth-order valence-corrected chi connectivity index (χ4v) is 1.79. The molecule has 0 aliphatic rings. The number of hydrogen-bond donors (Lipinski definition) is 1. The molecule has 7 heteroatoms. The summed E-state index contributed by atoms with van der Waals surface area (Å²) in [6.07, 6.45) is 0.301. The lowest BCUT2D eigenvalue weighted by Gasteiger charge is -2.01. The van der Waals surface area contributed by atoms with Crippen LogP contribution in [0, 0.1) is 0 Å². The molecule has 80 valence electrons. The minimum Gasteiger partial charge on any atom is -0.212 e. The highest BCUT2D eigenvalue weighted by atomic mass is 35.7. The quantitative estimate of drug-likeness (QED) is 0.794. The van der Waals surface area contributed by atoms with Crippen molar-refractivity contribution in [1.82, 2.24) is 15.4 Å². The summed E-state index contributed by atoms with van der Waals surface area (Å²) in [5, 5.41) is 10.3. The van der Waals surface area contributed by atoms with Gasteiger partial charge in [0.1, 0.15) is 0 Å². The first-order valence-corrected chi connectivity index (χ1v) is 6.70. The van der Waals surface area contributed by atoms with Crippen LogP contribution in [0.4, 0.5) is 0 Å². The molecular formula is C7H12ClN3O2S. The third-order valence-electron chi connectivity index (χ3n) is 1.78. The minimum atomic E-state index is -3.45. The summed E-state index contributed by atoms with van der Waals surface area (Å²) in [5.74, 6) is 0.114. The molecule has 0 saturated heterocycles. The number of aromatic nitrogens is 3. The standard InChI is InChI=1S/C7H12ClN3O2S/c1-5(2)7-6(9-11-10-7)3-4-14(8,12)13/h5H,3-4H2,1-2H3,(H,9,10,11). The Morgan fingerprint density at radius 1 is 1.43 bits per heavy atom. The Bertz CT molecular complexity index is 399. The van der Waals surface area contributed by atoms with Crippen LogP contribution in [-0.2, 0) is 15.5 Å². The Morgan fingerprint density at radius 3 is 2.57 bits per heavy atom. The van der Waals surface area contributed by atoms with Gasteiger partial charge in [-0.1, -0.05) is 13.8 Å². The van der Waals surface area contributed by atoms with E-state index in [4.69, 9.17) is 10.7 Å². The molecule has 0 aliphatic heterocycles. The van der Waals surface area contributed by atoms with Gasteiger partial charge in [0.2, 0.25) is 9.05 Å². The molecule has 0 saturated carbocycles. The van der Waals surface area contributed by atoms with Crippen molar-refractivity contribution in [3.05, 3.63) is 11.4 Å². The summed E-state index contributed by atoms with van der Waals surface area (Å²) in [7, 11) is 1.64. The second kappa shape index (κ2) is 4.27. The van der Waals surface area contributed by atoms with Crippen LogP contribution in [0.1, 0.15) is 31.2 Å². The van der Waals surface area contributed by atoms with Crippen LogP contribution in [0.25, 0.3) is 0 Å². The number of rotatable bonds is 4. The highest BCUT2D eigenvalue weighted by Crippen LogP contribution is 2.15. The first kappa shape index (κ1) is 11.5. The van der Waals surface area contributed by atoms with Crippen molar-refractivity contribution in [2.45, 2.75) is 26.2 Å². The summed E-state index contributed by atoms with van der Waals surface area (Å²) in [5.41, 5.74) is 1.47. The van der Waals surface area contributed by atoms with Crippen molar-refractivity contribution in [2.75, 3.05) is 5.75 Å². The van der Waals surface area contributed by atoms with E-state index in [2.05, 4.69) is 15.4 Å². The van der Waals surface area contributed by atoms with Crippen molar-refractivity contribution >= 4 is 19.7 Å². The summed E-state index contributed by atoms with van der Waals surface area (Å²) in [4.78, 5) is 0. The number of aromatic amines is 1. The van der Waals surface area contributed by atoms with Crippen LogP contribution in [0.2, 0.25) is 0 Å². The molecule has 1 aromatic heterocycles. The first-order valence-electron chi connectivity index (χ1n) is 4.22. The van der Waals surface area contributed by atoms with Gasteiger partial charge in [-0.15, -0.1) is 0 Å². The van der Waals surface area contributed by atoms with E-state index in [-0.39, 0.29) is 11.7 Å². The van der Waals surface area contributed by atoms with Crippen LogP contribution < -0.4 is 0 Å². The highest BCUT2D eigenvalue weighted by molar-refractivity contribution is 8.13.